The van der Waals surface area contributed by atoms with Gasteiger partial charge in [-0.1, -0.05) is 25.0 Å². The van der Waals surface area contributed by atoms with Crippen molar-refractivity contribution < 1.29 is 9.53 Å². The van der Waals surface area contributed by atoms with Gasteiger partial charge < -0.3 is 4.74 Å². The molecule has 0 radical (unpaired) electrons. The standard InChI is InChI=1S/C15H22O2/c1-9-5-4-6-15(3)8-13-11(7-12(9)15)10(2)14(16)17-13/h10-11,13H,4-8H2,1-3H3. The highest BCUT2D eigenvalue weighted by Gasteiger charge is 2.51. The molecule has 2 nitrogen and oxygen atoms in total. The summed E-state index contributed by atoms with van der Waals surface area (Å²) in [5.74, 6) is 0.575. The highest BCUT2D eigenvalue weighted by atomic mass is 16.6. The number of esters is 1. The Hall–Kier alpha value is -0.790. The van der Waals surface area contributed by atoms with Crippen molar-refractivity contribution in [3.8, 4) is 0 Å². The lowest BCUT2D eigenvalue weighted by Gasteiger charge is -2.45. The fourth-order valence-corrected chi connectivity index (χ4v) is 4.23. The summed E-state index contributed by atoms with van der Waals surface area (Å²) in [5.41, 5.74) is 3.55. The lowest BCUT2D eigenvalue weighted by molar-refractivity contribution is -0.144. The molecule has 4 unspecified atom stereocenters. The number of ether oxygens (including phenoxy) is 1. The highest BCUT2D eigenvalue weighted by Crippen LogP contribution is 2.54. The first-order chi connectivity index (χ1) is 8.01. The molecule has 94 valence electrons. The van der Waals surface area contributed by atoms with Crippen LogP contribution in [0.15, 0.2) is 11.1 Å². The third-order valence-corrected chi connectivity index (χ3v) is 5.37. The molecule has 2 aliphatic carbocycles. The quantitative estimate of drug-likeness (QED) is 0.474. The van der Waals surface area contributed by atoms with Crippen LogP contribution in [0.1, 0.15) is 52.9 Å². The van der Waals surface area contributed by atoms with E-state index in [1.54, 1.807) is 11.1 Å². The predicted octanol–water partition coefficient (Wildman–Crippen LogP) is 3.46. The summed E-state index contributed by atoms with van der Waals surface area (Å²) >= 11 is 0. The van der Waals surface area contributed by atoms with Gasteiger partial charge in [-0.15, -0.1) is 0 Å². The molecule has 0 N–H and O–H groups in total. The fraction of sp³-hybridized carbons (Fsp3) is 0.800. The van der Waals surface area contributed by atoms with Crippen LogP contribution < -0.4 is 0 Å². The molecule has 0 spiro atoms. The molecule has 1 saturated heterocycles. The third kappa shape index (κ3) is 1.56. The highest BCUT2D eigenvalue weighted by molar-refractivity contribution is 5.75. The van der Waals surface area contributed by atoms with E-state index in [1.807, 2.05) is 6.92 Å². The molecule has 1 heterocycles. The number of rotatable bonds is 0. The van der Waals surface area contributed by atoms with E-state index in [0.29, 0.717) is 11.3 Å². The summed E-state index contributed by atoms with van der Waals surface area (Å²) in [6.07, 6.45) is 6.17. The Morgan fingerprint density at radius 3 is 2.94 bits per heavy atom. The zero-order valence-electron chi connectivity index (χ0n) is 11.1. The van der Waals surface area contributed by atoms with E-state index in [4.69, 9.17) is 4.74 Å². The molecule has 0 aromatic carbocycles. The molecule has 0 amide bonds. The first-order valence-electron chi connectivity index (χ1n) is 6.91. The summed E-state index contributed by atoms with van der Waals surface area (Å²) in [6.45, 7) is 6.70. The van der Waals surface area contributed by atoms with E-state index in [2.05, 4.69) is 13.8 Å². The average Bonchev–Trinajstić information content (AvgIpc) is 2.52. The molecule has 1 saturated carbocycles. The third-order valence-electron chi connectivity index (χ3n) is 5.37. The number of carbonyl (C=O) groups excluding carboxylic acids is 1. The van der Waals surface area contributed by atoms with Crippen molar-refractivity contribution in [1.82, 2.24) is 0 Å². The van der Waals surface area contributed by atoms with Crippen molar-refractivity contribution in [2.24, 2.45) is 17.3 Å². The number of hydrogen-bond acceptors (Lipinski definition) is 2. The number of fused-ring (bicyclic) bond motifs is 2. The molecule has 0 aromatic heterocycles. The van der Waals surface area contributed by atoms with E-state index in [0.717, 1.165) is 12.8 Å². The summed E-state index contributed by atoms with van der Waals surface area (Å²) in [5, 5.41) is 0. The summed E-state index contributed by atoms with van der Waals surface area (Å²) in [6, 6.07) is 0. The van der Waals surface area contributed by atoms with Crippen LogP contribution in [0.5, 0.6) is 0 Å². The Bertz CT molecular complexity index is 396. The van der Waals surface area contributed by atoms with E-state index in [1.165, 1.54) is 19.3 Å². The van der Waals surface area contributed by atoms with Gasteiger partial charge in [0, 0.05) is 5.92 Å². The Balaban J connectivity index is 1.96. The molecule has 3 aliphatic rings. The Labute approximate surface area is 103 Å². The van der Waals surface area contributed by atoms with Gasteiger partial charge in [0.05, 0.1) is 5.92 Å². The topological polar surface area (TPSA) is 26.3 Å². The summed E-state index contributed by atoms with van der Waals surface area (Å²) in [4.78, 5) is 11.7. The maximum Gasteiger partial charge on any atom is 0.309 e. The molecule has 2 fully saturated rings. The van der Waals surface area contributed by atoms with Crippen LogP contribution in [0.4, 0.5) is 0 Å². The van der Waals surface area contributed by atoms with Crippen molar-refractivity contribution in [3.63, 3.8) is 0 Å². The van der Waals surface area contributed by atoms with Crippen LogP contribution in [0, 0.1) is 17.3 Å². The SMILES string of the molecule is CC1=C2CC3C(CC2(C)CCC1)OC(=O)C3C. The van der Waals surface area contributed by atoms with Crippen molar-refractivity contribution in [1.29, 1.82) is 0 Å². The molecule has 1 aliphatic heterocycles. The zero-order valence-corrected chi connectivity index (χ0v) is 11.1. The van der Waals surface area contributed by atoms with Crippen LogP contribution in [-0.2, 0) is 9.53 Å². The van der Waals surface area contributed by atoms with Crippen LogP contribution in [-0.4, -0.2) is 12.1 Å². The van der Waals surface area contributed by atoms with Gasteiger partial charge in [-0.3, -0.25) is 4.79 Å². The monoisotopic (exact) mass is 234 g/mol. The van der Waals surface area contributed by atoms with Crippen molar-refractivity contribution in [3.05, 3.63) is 11.1 Å². The minimum Gasteiger partial charge on any atom is -0.462 e. The Morgan fingerprint density at radius 2 is 2.18 bits per heavy atom. The lowest BCUT2D eigenvalue weighted by atomic mass is 9.60. The first-order valence-corrected chi connectivity index (χ1v) is 6.91. The van der Waals surface area contributed by atoms with E-state index in [-0.39, 0.29) is 18.0 Å². The van der Waals surface area contributed by atoms with Crippen LogP contribution in [0.25, 0.3) is 0 Å². The zero-order chi connectivity index (χ0) is 12.2. The van der Waals surface area contributed by atoms with Gasteiger partial charge in [-0.25, -0.2) is 0 Å². The van der Waals surface area contributed by atoms with Crippen molar-refractivity contribution in [2.75, 3.05) is 0 Å². The van der Waals surface area contributed by atoms with Crippen molar-refractivity contribution >= 4 is 5.97 Å². The molecule has 4 atom stereocenters. The predicted molar refractivity (Wildman–Crippen MR) is 66.4 cm³/mol. The molecular formula is C15H22O2. The maximum atomic E-state index is 11.7. The van der Waals surface area contributed by atoms with Gasteiger partial charge in [0.1, 0.15) is 6.10 Å². The summed E-state index contributed by atoms with van der Waals surface area (Å²) in [7, 11) is 0. The minimum absolute atomic E-state index is 0.0282. The van der Waals surface area contributed by atoms with Gasteiger partial charge in [0.15, 0.2) is 0 Å². The van der Waals surface area contributed by atoms with Crippen LogP contribution in [0.3, 0.4) is 0 Å². The second-order valence-corrected chi connectivity index (χ2v) is 6.51. The molecule has 0 aromatic rings. The molecule has 2 heteroatoms. The van der Waals surface area contributed by atoms with E-state index < -0.39 is 0 Å². The number of allylic oxidation sites excluding steroid dienone is 2. The van der Waals surface area contributed by atoms with E-state index in [9.17, 15) is 4.79 Å². The molecule has 3 rings (SSSR count). The van der Waals surface area contributed by atoms with Gasteiger partial charge >= 0.3 is 5.97 Å². The second kappa shape index (κ2) is 3.60. The Kier molecular flexibility index (Phi) is 2.39. The van der Waals surface area contributed by atoms with Gasteiger partial charge in [-0.05, 0) is 44.4 Å². The molecule has 0 bridgehead atoms. The normalized spacial score (nSPS) is 45.4. The largest absolute Gasteiger partial charge is 0.462 e. The number of carbonyl (C=O) groups is 1. The molecule has 17 heavy (non-hydrogen) atoms. The number of hydrogen-bond donors (Lipinski definition) is 0. The molecular weight excluding hydrogens is 212 g/mol. The smallest absolute Gasteiger partial charge is 0.309 e. The van der Waals surface area contributed by atoms with Gasteiger partial charge in [0.25, 0.3) is 0 Å². The minimum atomic E-state index is 0.0282. The lowest BCUT2D eigenvalue weighted by Crippen LogP contribution is -2.38. The van der Waals surface area contributed by atoms with E-state index >= 15 is 0 Å². The van der Waals surface area contributed by atoms with Gasteiger partial charge in [-0.2, -0.15) is 0 Å². The first kappa shape index (κ1) is 11.3. The van der Waals surface area contributed by atoms with Gasteiger partial charge in [0.2, 0.25) is 0 Å². The van der Waals surface area contributed by atoms with Crippen LogP contribution >= 0.6 is 0 Å². The second-order valence-electron chi connectivity index (χ2n) is 6.51. The fourth-order valence-electron chi connectivity index (χ4n) is 4.23. The average molecular weight is 234 g/mol. The van der Waals surface area contributed by atoms with Crippen LogP contribution in [0.2, 0.25) is 0 Å². The Morgan fingerprint density at radius 1 is 1.41 bits per heavy atom. The van der Waals surface area contributed by atoms with Crippen molar-refractivity contribution in [2.45, 2.75) is 59.0 Å². The summed E-state index contributed by atoms with van der Waals surface area (Å²) < 4.78 is 5.57. The maximum absolute atomic E-state index is 11.7.